The van der Waals surface area contributed by atoms with Gasteiger partial charge in [-0.1, -0.05) is 17.8 Å². The largest absolute Gasteiger partial charge is 0.325 e. The van der Waals surface area contributed by atoms with Gasteiger partial charge in [0.1, 0.15) is 0 Å². The molecule has 2 aliphatic carbocycles. The van der Waals surface area contributed by atoms with Crippen LogP contribution in [0.5, 0.6) is 0 Å². The summed E-state index contributed by atoms with van der Waals surface area (Å²) in [6.07, 6.45) is 5.71. The highest BCUT2D eigenvalue weighted by Crippen LogP contribution is 2.37. The second-order valence-electron chi connectivity index (χ2n) is 6.22. The first-order chi connectivity index (χ1) is 11.2. The van der Waals surface area contributed by atoms with Crippen molar-refractivity contribution in [2.45, 2.75) is 55.5 Å². The minimum atomic E-state index is -0.244. The molecule has 1 N–H and O–H groups in total. The second kappa shape index (κ2) is 5.96. The molecule has 1 aromatic carbocycles. The normalized spacial score (nSPS) is 17.8. The van der Waals surface area contributed by atoms with Gasteiger partial charge >= 0.3 is 0 Å². The number of fused-ring (bicyclic) bond motifs is 1. The summed E-state index contributed by atoms with van der Waals surface area (Å²) in [7, 11) is 0. The van der Waals surface area contributed by atoms with Crippen molar-refractivity contribution >= 4 is 23.4 Å². The van der Waals surface area contributed by atoms with Gasteiger partial charge in [0.15, 0.2) is 0 Å². The zero-order valence-electron chi connectivity index (χ0n) is 13.0. The van der Waals surface area contributed by atoms with Crippen LogP contribution >= 0.6 is 11.8 Å². The first kappa shape index (κ1) is 14.7. The summed E-state index contributed by atoms with van der Waals surface area (Å²) in [4.78, 5) is 12.4. The van der Waals surface area contributed by atoms with E-state index in [1.807, 2.05) is 17.7 Å². The maximum absolute atomic E-state index is 12.4. The van der Waals surface area contributed by atoms with Gasteiger partial charge in [0, 0.05) is 5.69 Å². The zero-order valence-corrected chi connectivity index (χ0v) is 13.8. The highest BCUT2D eigenvalue weighted by atomic mass is 32.2. The van der Waals surface area contributed by atoms with Crippen LogP contribution < -0.4 is 5.32 Å². The van der Waals surface area contributed by atoms with Gasteiger partial charge in [0.2, 0.25) is 11.1 Å². The number of nitrogens with one attached hydrogen (secondary N) is 1. The average Bonchev–Trinajstić information content (AvgIpc) is 3.10. The van der Waals surface area contributed by atoms with Crippen LogP contribution in [0.2, 0.25) is 0 Å². The van der Waals surface area contributed by atoms with Crippen molar-refractivity contribution in [3.8, 4) is 0 Å². The number of rotatable bonds is 5. The van der Waals surface area contributed by atoms with Gasteiger partial charge < -0.3 is 5.32 Å². The third-order valence-electron chi connectivity index (χ3n) is 4.37. The SMILES string of the molecule is C[C@@H](Sc1nnnn1C1CC1)C(=O)Nc1ccc2c(c1)CCC2. The van der Waals surface area contributed by atoms with Crippen molar-refractivity contribution < 1.29 is 4.79 Å². The van der Waals surface area contributed by atoms with Crippen LogP contribution in [0.4, 0.5) is 5.69 Å². The van der Waals surface area contributed by atoms with E-state index in [4.69, 9.17) is 0 Å². The first-order valence-electron chi connectivity index (χ1n) is 8.08. The number of hydrogen-bond acceptors (Lipinski definition) is 5. The Bertz CT molecular complexity index is 740. The number of carbonyl (C=O) groups excluding carboxylic acids is 1. The monoisotopic (exact) mass is 329 g/mol. The fourth-order valence-corrected chi connectivity index (χ4v) is 3.78. The van der Waals surface area contributed by atoms with Crippen LogP contribution in [0.3, 0.4) is 0 Å². The quantitative estimate of drug-likeness (QED) is 0.854. The van der Waals surface area contributed by atoms with Crippen molar-refractivity contribution in [2.75, 3.05) is 5.32 Å². The van der Waals surface area contributed by atoms with Crippen LogP contribution in [0.15, 0.2) is 23.4 Å². The van der Waals surface area contributed by atoms with Crippen molar-refractivity contribution in [3.63, 3.8) is 0 Å². The van der Waals surface area contributed by atoms with Gasteiger partial charge in [0.05, 0.1) is 11.3 Å². The van der Waals surface area contributed by atoms with Gasteiger partial charge in [-0.05, 0) is 72.7 Å². The Morgan fingerprint density at radius 2 is 2.17 bits per heavy atom. The topological polar surface area (TPSA) is 72.7 Å². The number of aryl methyl sites for hydroxylation is 2. The molecule has 0 saturated heterocycles. The number of thioether (sulfide) groups is 1. The Morgan fingerprint density at radius 1 is 1.35 bits per heavy atom. The molecule has 0 spiro atoms. The molecule has 4 rings (SSSR count). The maximum Gasteiger partial charge on any atom is 0.237 e. The molecule has 2 aromatic rings. The number of aromatic nitrogens is 4. The van der Waals surface area contributed by atoms with E-state index in [0.29, 0.717) is 6.04 Å². The zero-order chi connectivity index (χ0) is 15.8. The van der Waals surface area contributed by atoms with Crippen LogP contribution in [0.1, 0.15) is 43.4 Å². The van der Waals surface area contributed by atoms with E-state index in [9.17, 15) is 4.79 Å². The minimum Gasteiger partial charge on any atom is -0.325 e. The molecule has 23 heavy (non-hydrogen) atoms. The van der Waals surface area contributed by atoms with Gasteiger partial charge in [0.25, 0.3) is 0 Å². The van der Waals surface area contributed by atoms with Gasteiger partial charge in [-0.2, -0.15) is 0 Å². The molecular weight excluding hydrogens is 310 g/mol. The smallest absolute Gasteiger partial charge is 0.237 e. The lowest BCUT2D eigenvalue weighted by Gasteiger charge is -2.12. The molecule has 1 atom stereocenters. The van der Waals surface area contributed by atoms with E-state index in [1.54, 1.807) is 0 Å². The standard InChI is InChI=1S/C16H19N5OS/c1-10(23-16-18-19-20-21(16)14-7-8-14)15(22)17-13-6-5-11-3-2-4-12(11)9-13/h5-6,9-10,14H,2-4,7-8H2,1H3,(H,17,22)/t10-/m1/s1. The summed E-state index contributed by atoms with van der Waals surface area (Å²) < 4.78 is 1.84. The van der Waals surface area contributed by atoms with Crippen LogP contribution in [0, 0.1) is 0 Å². The second-order valence-corrected chi connectivity index (χ2v) is 7.53. The lowest BCUT2D eigenvalue weighted by Crippen LogP contribution is -2.23. The molecule has 0 unspecified atom stereocenters. The molecule has 0 aliphatic heterocycles. The third kappa shape index (κ3) is 3.10. The van der Waals surface area contributed by atoms with Crippen LogP contribution in [-0.4, -0.2) is 31.4 Å². The fourth-order valence-electron chi connectivity index (χ4n) is 2.92. The summed E-state index contributed by atoms with van der Waals surface area (Å²) in [6, 6.07) is 6.64. The predicted octanol–water partition coefficient (Wildman–Crippen LogP) is 2.62. The molecule has 0 radical (unpaired) electrons. The Balaban J connectivity index is 1.41. The highest BCUT2D eigenvalue weighted by molar-refractivity contribution is 8.00. The Kier molecular flexibility index (Phi) is 3.80. The summed E-state index contributed by atoms with van der Waals surface area (Å²) in [6.45, 7) is 1.89. The molecule has 2 aliphatic rings. The first-order valence-corrected chi connectivity index (χ1v) is 8.96. The van der Waals surface area contributed by atoms with Gasteiger partial charge in [-0.25, -0.2) is 4.68 Å². The summed E-state index contributed by atoms with van der Waals surface area (Å²) in [5.74, 6) is -0.0155. The summed E-state index contributed by atoms with van der Waals surface area (Å²) >= 11 is 1.41. The molecule has 120 valence electrons. The summed E-state index contributed by atoms with van der Waals surface area (Å²) in [5.41, 5.74) is 3.65. The van der Waals surface area contributed by atoms with E-state index < -0.39 is 0 Å². The van der Waals surface area contributed by atoms with E-state index in [-0.39, 0.29) is 11.2 Å². The Labute approximate surface area is 139 Å². The fraction of sp³-hybridized carbons (Fsp3) is 0.500. The molecule has 6 nitrogen and oxygen atoms in total. The molecule has 1 aromatic heterocycles. The average molecular weight is 329 g/mol. The van der Waals surface area contributed by atoms with E-state index >= 15 is 0 Å². The van der Waals surface area contributed by atoms with Crippen molar-refractivity contribution in [1.82, 2.24) is 20.2 Å². The highest BCUT2D eigenvalue weighted by Gasteiger charge is 2.29. The Morgan fingerprint density at radius 3 is 3.00 bits per heavy atom. The van der Waals surface area contributed by atoms with Crippen LogP contribution in [-0.2, 0) is 17.6 Å². The van der Waals surface area contributed by atoms with E-state index in [2.05, 4.69) is 33.0 Å². The number of tetrazole rings is 1. The van der Waals surface area contributed by atoms with E-state index in [0.717, 1.165) is 36.5 Å². The minimum absolute atomic E-state index is 0.0155. The lowest BCUT2D eigenvalue weighted by atomic mass is 10.1. The molecular formula is C16H19N5OS. The van der Waals surface area contributed by atoms with Crippen molar-refractivity contribution in [2.24, 2.45) is 0 Å². The maximum atomic E-state index is 12.4. The lowest BCUT2D eigenvalue weighted by molar-refractivity contribution is -0.115. The van der Waals surface area contributed by atoms with Gasteiger partial charge in [-0.3, -0.25) is 4.79 Å². The third-order valence-corrected chi connectivity index (χ3v) is 5.42. The molecule has 1 heterocycles. The molecule has 0 bridgehead atoms. The molecule has 1 amide bonds. The number of carbonyl (C=O) groups is 1. The van der Waals surface area contributed by atoms with Crippen molar-refractivity contribution in [1.29, 1.82) is 0 Å². The van der Waals surface area contributed by atoms with Crippen molar-refractivity contribution in [3.05, 3.63) is 29.3 Å². The molecule has 1 saturated carbocycles. The Hall–Kier alpha value is -1.89. The van der Waals surface area contributed by atoms with Crippen LogP contribution in [0.25, 0.3) is 0 Å². The van der Waals surface area contributed by atoms with E-state index in [1.165, 1.54) is 29.3 Å². The predicted molar refractivity (Wildman–Crippen MR) is 88.5 cm³/mol. The number of benzene rings is 1. The number of anilines is 1. The number of hydrogen-bond donors (Lipinski definition) is 1. The molecule has 1 fully saturated rings. The number of nitrogens with zero attached hydrogens (tertiary/aromatic N) is 4. The summed E-state index contributed by atoms with van der Waals surface area (Å²) in [5, 5.41) is 15.3. The van der Waals surface area contributed by atoms with Gasteiger partial charge in [-0.15, -0.1) is 5.10 Å². The number of amides is 1. The molecule has 7 heteroatoms.